The van der Waals surface area contributed by atoms with E-state index in [1.165, 1.54) is 24.3 Å². The van der Waals surface area contributed by atoms with Crippen LogP contribution in [-0.2, 0) is 12.6 Å². The minimum Gasteiger partial charge on any atom is -0.382 e. The molecule has 0 bridgehead atoms. The lowest BCUT2D eigenvalue weighted by Crippen LogP contribution is -2.33. The predicted molar refractivity (Wildman–Crippen MR) is 73.7 cm³/mol. The molecule has 1 unspecified atom stereocenters. The van der Waals surface area contributed by atoms with Crippen molar-refractivity contribution in [1.82, 2.24) is 4.57 Å². The van der Waals surface area contributed by atoms with Gasteiger partial charge in [-0.2, -0.15) is 18.4 Å². The lowest BCUT2D eigenvalue weighted by molar-refractivity contribution is -0.147. The highest BCUT2D eigenvalue weighted by Crippen LogP contribution is 2.48. The van der Waals surface area contributed by atoms with Gasteiger partial charge < -0.3 is 9.67 Å². The summed E-state index contributed by atoms with van der Waals surface area (Å²) < 4.78 is 68.3. The second-order valence-corrected chi connectivity index (χ2v) is 5.60. The average Bonchev–Trinajstić information content (AvgIpc) is 2.91. The van der Waals surface area contributed by atoms with Crippen LogP contribution in [0.1, 0.15) is 34.9 Å². The summed E-state index contributed by atoms with van der Waals surface area (Å²) in [5, 5.41) is 18.7. The van der Waals surface area contributed by atoms with Gasteiger partial charge in [0.2, 0.25) is 0 Å². The quantitative estimate of drug-likeness (QED) is 0.797. The van der Waals surface area contributed by atoms with Crippen molar-refractivity contribution >= 4 is 0 Å². The molecular formula is C16H11F5N2O. The fourth-order valence-corrected chi connectivity index (χ4v) is 2.94. The van der Waals surface area contributed by atoms with E-state index in [0.29, 0.717) is 6.20 Å². The summed E-state index contributed by atoms with van der Waals surface area (Å²) >= 11 is 0. The van der Waals surface area contributed by atoms with E-state index in [-0.39, 0.29) is 23.4 Å². The van der Waals surface area contributed by atoms with Crippen molar-refractivity contribution in [3.63, 3.8) is 0 Å². The molecule has 8 heteroatoms. The number of fused-ring (bicyclic) bond motifs is 1. The molecule has 0 fully saturated rings. The van der Waals surface area contributed by atoms with Gasteiger partial charge in [-0.05, 0) is 24.6 Å². The van der Waals surface area contributed by atoms with Crippen LogP contribution in [0.25, 0.3) is 5.69 Å². The van der Waals surface area contributed by atoms with E-state index in [2.05, 4.69) is 0 Å². The first-order chi connectivity index (χ1) is 11.1. The molecule has 1 aromatic carbocycles. The molecule has 3 nitrogen and oxygen atoms in total. The average molecular weight is 342 g/mol. The zero-order valence-corrected chi connectivity index (χ0v) is 12.1. The van der Waals surface area contributed by atoms with E-state index in [4.69, 9.17) is 5.26 Å². The van der Waals surface area contributed by atoms with Crippen molar-refractivity contribution in [1.29, 1.82) is 5.26 Å². The molecule has 1 aliphatic carbocycles. The number of aromatic nitrogens is 1. The second-order valence-electron chi connectivity index (χ2n) is 5.60. The minimum absolute atomic E-state index is 0.0177. The third-order valence-corrected chi connectivity index (χ3v) is 4.08. The first-order valence-corrected chi connectivity index (χ1v) is 7.03. The molecule has 0 saturated carbocycles. The molecule has 1 aromatic heterocycles. The topological polar surface area (TPSA) is 49.0 Å². The molecule has 3 rings (SSSR count). The molecule has 24 heavy (non-hydrogen) atoms. The van der Waals surface area contributed by atoms with Crippen molar-refractivity contribution in [2.45, 2.75) is 31.0 Å². The Morgan fingerprint density at radius 2 is 2.00 bits per heavy atom. The smallest absolute Gasteiger partial charge is 0.382 e. The number of aliphatic hydroxyl groups excluding tert-OH is 1. The summed E-state index contributed by atoms with van der Waals surface area (Å²) in [7, 11) is 0. The lowest BCUT2D eigenvalue weighted by atomic mass is 9.89. The largest absolute Gasteiger partial charge is 0.418 e. The fourth-order valence-electron chi connectivity index (χ4n) is 2.94. The Hall–Kier alpha value is -2.40. The van der Waals surface area contributed by atoms with Gasteiger partial charge in [-0.15, -0.1) is 0 Å². The van der Waals surface area contributed by atoms with Crippen molar-refractivity contribution in [2.24, 2.45) is 0 Å². The van der Waals surface area contributed by atoms with Gasteiger partial charge in [-0.25, -0.2) is 8.78 Å². The fraction of sp³-hybridized carbons (Fsp3) is 0.312. The molecule has 0 aliphatic heterocycles. The van der Waals surface area contributed by atoms with Crippen molar-refractivity contribution in [3.05, 3.63) is 52.8 Å². The van der Waals surface area contributed by atoms with Gasteiger partial charge in [0.15, 0.2) is 0 Å². The van der Waals surface area contributed by atoms with Gasteiger partial charge in [0.1, 0.15) is 6.10 Å². The first-order valence-electron chi connectivity index (χ1n) is 7.03. The van der Waals surface area contributed by atoms with Crippen molar-refractivity contribution in [2.75, 3.05) is 0 Å². The van der Waals surface area contributed by atoms with E-state index < -0.39 is 35.8 Å². The molecule has 0 radical (unpaired) electrons. The Morgan fingerprint density at radius 3 is 2.62 bits per heavy atom. The molecule has 1 heterocycles. The number of hydrogen-bond donors (Lipinski definition) is 1. The maximum atomic E-state index is 13.7. The SMILES string of the molecule is N#Cc1cccc(-n2cc(C(F)(F)F)c3c2CCC(F)(F)C3O)c1. The number of aliphatic hydroxyl groups is 1. The third kappa shape index (κ3) is 2.55. The van der Waals surface area contributed by atoms with E-state index in [0.717, 1.165) is 4.57 Å². The molecule has 0 saturated heterocycles. The third-order valence-electron chi connectivity index (χ3n) is 4.08. The van der Waals surface area contributed by atoms with Crippen LogP contribution in [0.4, 0.5) is 22.0 Å². The highest BCUT2D eigenvalue weighted by molar-refractivity contribution is 5.49. The first kappa shape index (κ1) is 16.5. The Labute approximate surface area is 133 Å². The molecule has 1 aliphatic rings. The summed E-state index contributed by atoms with van der Waals surface area (Å²) in [6.07, 6.45) is -7.76. The minimum atomic E-state index is -4.88. The monoisotopic (exact) mass is 342 g/mol. The highest BCUT2D eigenvalue weighted by atomic mass is 19.4. The van der Waals surface area contributed by atoms with Crippen LogP contribution in [0.3, 0.4) is 0 Å². The number of hydrogen-bond acceptors (Lipinski definition) is 2. The van der Waals surface area contributed by atoms with Gasteiger partial charge in [0, 0.05) is 29.6 Å². The Balaban J connectivity index is 2.25. The number of nitrogens with zero attached hydrogens (tertiary/aromatic N) is 2. The van der Waals surface area contributed by atoms with Gasteiger partial charge in [0.05, 0.1) is 17.2 Å². The van der Waals surface area contributed by atoms with Crippen LogP contribution in [0.2, 0.25) is 0 Å². The summed E-state index contributed by atoms with van der Waals surface area (Å²) in [5.41, 5.74) is -1.62. The zero-order chi connectivity index (χ0) is 17.7. The predicted octanol–water partition coefficient (Wildman–Crippen LogP) is 3.98. The van der Waals surface area contributed by atoms with Gasteiger partial charge in [-0.3, -0.25) is 0 Å². The highest BCUT2D eigenvalue weighted by Gasteiger charge is 2.50. The maximum absolute atomic E-state index is 13.7. The molecule has 126 valence electrons. The van der Waals surface area contributed by atoms with Crippen LogP contribution in [-0.4, -0.2) is 15.6 Å². The van der Waals surface area contributed by atoms with Crippen LogP contribution < -0.4 is 0 Å². The van der Waals surface area contributed by atoms with E-state index in [1.807, 2.05) is 6.07 Å². The number of benzene rings is 1. The number of rotatable bonds is 1. The Bertz CT molecular complexity index is 832. The maximum Gasteiger partial charge on any atom is 0.418 e. The summed E-state index contributed by atoms with van der Waals surface area (Å²) in [5.74, 6) is -3.62. The molecule has 0 spiro atoms. The lowest BCUT2D eigenvalue weighted by Gasteiger charge is -2.29. The summed E-state index contributed by atoms with van der Waals surface area (Å²) in [6.45, 7) is 0. The summed E-state index contributed by atoms with van der Waals surface area (Å²) in [4.78, 5) is 0. The molecular weight excluding hydrogens is 331 g/mol. The Morgan fingerprint density at radius 1 is 1.29 bits per heavy atom. The number of halogens is 5. The van der Waals surface area contributed by atoms with Crippen LogP contribution in [0.5, 0.6) is 0 Å². The van der Waals surface area contributed by atoms with Crippen LogP contribution in [0, 0.1) is 11.3 Å². The second kappa shape index (κ2) is 5.31. The van der Waals surface area contributed by atoms with Gasteiger partial charge >= 0.3 is 6.18 Å². The molecule has 0 amide bonds. The van der Waals surface area contributed by atoms with Crippen molar-refractivity contribution < 1.29 is 27.1 Å². The van der Waals surface area contributed by atoms with Crippen LogP contribution in [0.15, 0.2) is 30.5 Å². The molecule has 1 N–H and O–H groups in total. The number of nitriles is 1. The number of alkyl halides is 5. The van der Waals surface area contributed by atoms with Crippen molar-refractivity contribution in [3.8, 4) is 11.8 Å². The van der Waals surface area contributed by atoms with E-state index >= 15 is 0 Å². The van der Waals surface area contributed by atoms with Crippen LogP contribution >= 0.6 is 0 Å². The van der Waals surface area contributed by atoms with E-state index in [9.17, 15) is 27.1 Å². The standard InChI is InChI=1S/C16H11F5N2O/c17-15(18)5-4-12-13(14(15)24)11(16(19,20)21)8-23(12)10-3-1-2-9(6-10)7-22/h1-3,6,8,14,24H,4-5H2. The van der Waals surface area contributed by atoms with Gasteiger partial charge in [-0.1, -0.05) is 6.07 Å². The molecule has 1 atom stereocenters. The summed E-state index contributed by atoms with van der Waals surface area (Å²) in [6, 6.07) is 7.67. The zero-order valence-electron chi connectivity index (χ0n) is 12.1. The van der Waals surface area contributed by atoms with E-state index in [1.54, 1.807) is 0 Å². The van der Waals surface area contributed by atoms with Gasteiger partial charge in [0.25, 0.3) is 5.92 Å². The Kier molecular flexibility index (Phi) is 3.64. The molecule has 2 aromatic rings. The normalized spacial score (nSPS) is 19.6.